The molecule has 0 unspecified atom stereocenters. The van der Waals surface area contributed by atoms with Crippen LogP contribution in [0.5, 0.6) is 0 Å². The van der Waals surface area contributed by atoms with Crippen molar-refractivity contribution in [3.8, 4) is 0 Å². The molecule has 0 aromatic carbocycles. The van der Waals surface area contributed by atoms with Gasteiger partial charge in [0.15, 0.2) is 0 Å². The number of carbonyl (C=O) groups is 2. The van der Waals surface area contributed by atoms with Gasteiger partial charge in [-0.3, -0.25) is 0 Å². The van der Waals surface area contributed by atoms with E-state index in [4.69, 9.17) is 14.2 Å². The predicted octanol–water partition coefficient (Wildman–Crippen LogP) is 2.11. The molecule has 0 heterocycles. The zero-order valence-electron chi connectivity index (χ0n) is 13.5. The fourth-order valence-corrected chi connectivity index (χ4v) is 1.47. The fraction of sp³-hybridized carbons (Fsp3) is 0.857. The van der Waals surface area contributed by atoms with E-state index in [-0.39, 0.29) is 12.0 Å². The van der Waals surface area contributed by atoms with E-state index in [1.807, 2.05) is 13.8 Å². The third-order valence-electron chi connectivity index (χ3n) is 2.31. The molecular formula is C14H27NO5. The number of ether oxygens (including phenoxy) is 3. The second-order valence-electron chi connectivity index (χ2n) is 6.07. The average molecular weight is 289 g/mol. The van der Waals surface area contributed by atoms with Gasteiger partial charge >= 0.3 is 12.1 Å². The van der Waals surface area contributed by atoms with Gasteiger partial charge in [-0.15, -0.1) is 0 Å². The van der Waals surface area contributed by atoms with Crippen molar-refractivity contribution in [2.45, 2.75) is 59.3 Å². The van der Waals surface area contributed by atoms with Crippen LogP contribution in [-0.4, -0.2) is 43.5 Å². The van der Waals surface area contributed by atoms with Crippen LogP contribution < -0.4 is 5.32 Å². The van der Waals surface area contributed by atoms with Gasteiger partial charge < -0.3 is 19.5 Å². The topological polar surface area (TPSA) is 73.9 Å². The van der Waals surface area contributed by atoms with E-state index in [9.17, 15) is 9.59 Å². The highest BCUT2D eigenvalue weighted by Crippen LogP contribution is 2.10. The Hall–Kier alpha value is -1.30. The Bertz CT molecular complexity index is 322. The van der Waals surface area contributed by atoms with Gasteiger partial charge in [-0.25, -0.2) is 9.59 Å². The quantitative estimate of drug-likeness (QED) is 0.758. The first-order valence-corrected chi connectivity index (χ1v) is 6.75. The third-order valence-corrected chi connectivity index (χ3v) is 2.31. The average Bonchev–Trinajstić information content (AvgIpc) is 2.22. The lowest BCUT2D eigenvalue weighted by Crippen LogP contribution is -2.48. The van der Waals surface area contributed by atoms with Crippen molar-refractivity contribution in [3.05, 3.63) is 0 Å². The van der Waals surface area contributed by atoms with Crippen molar-refractivity contribution < 1.29 is 23.8 Å². The van der Waals surface area contributed by atoms with E-state index in [1.54, 1.807) is 27.7 Å². The number of methoxy groups -OCH3 is 1. The number of rotatable bonds is 6. The molecule has 0 aliphatic rings. The lowest BCUT2D eigenvalue weighted by molar-refractivity contribution is -0.154. The molecule has 1 N–H and O–H groups in total. The lowest BCUT2D eigenvalue weighted by Gasteiger charge is -2.25. The van der Waals surface area contributed by atoms with E-state index < -0.39 is 23.7 Å². The fourth-order valence-electron chi connectivity index (χ4n) is 1.47. The van der Waals surface area contributed by atoms with Gasteiger partial charge in [-0.05, 0) is 33.6 Å². The Balaban J connectivity index is 4.57. The molecule has 118 valence electrons. The second kappa shape index (κ2) is 8.09. The van der Waals surface area contributed by atoms with Crippen molar-refractivity contribution in [1.29, 1.82) is 0 Å². The normalized spacial score (nSPS) is 14.6. The first kappa shape index (κ1) is 18.7. The van der Waals surface area contributed by atoms with Gasteiger partial charge in [0.2, 0.25) is 0 Å². The SMILES string of the molecule is COC[C@H](C)OC(=O)[C@H](NC(=O)OC(C)(C)C)C(C)C. The van der Waals surface area contributed by atoms with E-state index in [0.29, 0.717) is 6.61 Å². The van der Waals surface area contributed by atoms with Crippen LogP contribution in [-0.2, 0) is 19.0 Å². The highest BCUT2D eigenvalue weighted by atomic mass is 16.6. The Kier molecular flexibility index (Phi) is 7.57. The summed E-state index contributed by atoms with van der Waals surface area (Å²) in [4.78, 5) is 23.7. The molecule has 0 aromatic rings. The highest BCUT2D eigenvalue weighted by molar-refractivity contribution is 5.81. The van der Waals surface area contributed by atoms with E-state index in [2.05, 4.69) is 5.32 Å². The molecular weight excluding hydrogens is 262 g/mol. The van der Waals surface area contributed by atoms with Crippen molar-refractivity contribution in [1.82, 2.24) is 5.32 Å². The van der Waals surface area contributed by atoms with Gasteiger partial charge in [-0.2, -0.15) is 0 Å². The molecule has 20 heavy (non-hydrogen) atoms. The summed E-state index contributed by atoms with van der Waals surface area (Å²) >= 11 is 0. The van der Waals surface area contributed by atoms with Crippen LogP contribution in [0.25, 0.3) is 0 Å². The third kappa shape index (κ3) is 7.99. The molecule has 0 radical (unpaired) electrons. The number of nitrogens with one attached hydrogen (secondary N) is 1. The Morgan fingerprint density at radius 3 is 2.10 bits per heavy atom. The van der Waals surface area contributed by atoms with E-state index in [0.717, 1.165) is 0 Å². The Morgan fingerprint density at radius 2 is 1.70 bits per heavy atom. The molecule has 0 aromatic heterocycles. The van der Waals surface area contributed by atoms with Crippen LogP contribution in [0.4, 0.5) is 4.79 Å². The minimum atomic E-state index is -0.746. The first-order chi connectivity index (χ1) is 9.06. The minimum absolute atomic E-state index is 0.107. The van der Waals surface area contributed by atoms with E-state index in [1.165, 1.54) is 7.11 Å². The van der Waals surface area contributed by atoms with Crippen LogP contribution in [0.2, 0.25) is 0 Å². The van der Waals surface area contributed by atoms with Gasteiger partial charge in [-0.1, -0.05) is 13.8 Å². The van der Waals surface area contributed by atoms with Crippen LogP contribution in [0.3, 0.4) is 0 Å². The van der Waals surface area contributed by atoms with Crippen molar-refractivity contribution >= 4 is 12.1 Å². The zero-order valence-corrected chi connectivity index (χ0v) is 13.5. The van der Waals surface area contributed by atoms with Crippen LogP contribution in [0, 0.1) is 5.92 Å². The summed E-state index contributed by atoms with van der Waals surface area (Å²) in [6, 6.07) is -0.746. The molecule has 0 bridgehead atoms. The molecule has 0 aliphatic carbocycles. The molecule has 0 rings (SSSR count). The summed E-state index contributed by atoms with van der Waals surface area (Å²) in [5.41, 5.74) is -0.612. The van der Waals surface area contributed by atoms with Crippen LogP contribution >= 0.6 is 0 Å². The van der Waals surface area contributed by atoms with Gasteiger partial charge in [0, 0.05) is 7.11 Å². The highest BCUT2D eigenvalue weighted by Gasteiger charge is 2.29. The summed E-state index contributed by atoms with van der Waals surface area (Å²) in [5.74, 6) is -0.597. The number of alkyl carbamates (subject to hydrolysis) is 1. The zero-order chi connectivity index (χ0) is 15.9. The van der Waals surface area contributed by atoms with Gasteiger partial charge in [0.1, 0.15) is 17.7 Å². The molecule has 0 saturated carbocycles. The van der Waals surface area contributed by atoms with Crippen molar-refractivity contribution in [2.75, 3.05) is 13.7 Å². The molecule has 0 fully saturated rings. The Labute approximate surface area is 121 Å². The molecule has 0 spiro atoms. The molecule has 2 atom stereocenters. The maximum atomic E-state index is 12.0. The maximum absolute atomic E-state index is 12.0. The lowest BCUT2D eigenvalue weighted by atomic mass is 10.1. The maximum Gasteiger partial charge on any atom is 0.408 e. The Morgan fingerprint density at radius 1 is 1.15 bits per heavy atom. The van der Waals surface area contributed by atoms with E-state index >= 15 is 0 Å². The molecule has 0 saturated heterocycles. The summed E-state index contributed by atoms with van der Waals surface area (Å²) in [5, 5.41) is 2.54. The van der Waals surface area contributed by atoms with Crippen molar-refractivity contribution in [2.24, 2.45) is 5.92 Å². The largest absolute Gasteiger partial charge is 0.459 e. The minimum Gasteiger partial charge on any atom is -0.459 e. The standard InChI is InChI=1S/C14H27NO5/c1-9(2)11(12(16)19-10(3)8-18-7)15-13(17)20-14(4,5)6/h9-11H,8H2,1-7H3,(H,15,17)/t10-,11+/m0/s1. The summed E-state index contributed by atoms with van der Waals surface area (Å²) in [6.07, 6.45) is -0.998. The van der Waals surface area contributed by atoms with Gasteiger partial charge in [0.25, 0.3) is 0 Å². The van der Waals surface area contributed by atoms with Crippen LogP contribution in [0.15, 0.2) is 0 Å². The number of hydrogen-bond acceptors (Lipinski definition) is 5. The van der Waals surface area contributed by atoms with Gasteiger partial charge in [0.05, 0.1) is 6.61 Å². The summed E-state index contributed by atoms with van der Waals surface area (Å²) in [6.45, 7) is 11.0. The molecule has 0 aliphatic heterocycles. The monoisotopic (exact) mass is 289 g/mol. The van der Waals surface area contributed by atoms with Crippen molar-refractivity contribution in [3.63, 3.8) is 0 Å². The predicted molar refractivity (Wildman–Crippen MR) is 75.4 cm³/mol. The number of carbonyl (C=O) groups excluding carboxylic acids is 2. The molecule has 6 nitrogen and oxygen atoms in total. The second-order valence-corrected chi connectivity index (χ2v) is 6.07. The summed E-state index contributed by atoms with van der Waals surface area (Å²) < 4.78 is 15.3. The van der Waals surface area contributed by atoms with Crippen LogP contribution in [0.1, 0.15) is 41.5 Å². The number of esters is 1. The summed E-state index contributed by atoms with van der Waals surface area (Å²) in [7, 11) is 1.53. The molecule has 1 amide bonds. The molecule has 6 heteroatoms. The number of amides is 1. The number of hydrogen-bond donors (Lipinski definition) is 1. The first-order valence-electron chi connectivity index (χ1n) is 6.75. The smallest absolute Gasteiger partial charge is 0.408 e.